The molecule has 0 saturated heterocycles. The lowest BCUT2D eigenvalue weighted by Gasteiger charge is -2.23. The Hall–Kier alpha value is -3.08. The number of aromatic nitrogens is 1. The van der Waals surface area contributed by atoms with Crippen molar-refractivity contribution in [3.05, 3.63) is 75.6 Å². The SMILES string of the molecule is CCOc1cccc(CN(C(=O)c2cc(=O)[nH]c3ccc(C)cc23)C2CC2)c1. The van der Waals surface area contributed by atoms with E-state index in [0.717, 1.165) is 35.1 Å². The van der Waals surface area contributed by atoms with Gasteiger partial charge in [-0.25, -0.2) is 0 Å². The van der Waals surface area contributed by atoms with Gasteiger partial charge in [0.05, 0.1) is 12.2 Å². The van der Waals surface area contributed by atoms with Crippen molar-refractivity contribution >= 4 is 16.8 Å². The summed E-state index contributed by atoms with van der Waals surface area (Å²) in [6, 6.07) is 15.3. The summed E-state index contributed by atoms with van der Waals surface area (Å²) in [4.78, 5) is 30.3. The maximum Gasteiger partial charge on any atom is 0.255 e. The number of nitrogens with zero attached hydrogens (tertiary/aromatic N) is 1. The van der Waals surface area contributed by atoms with Gasteiger partial charge in [-0.15, -0.1) is 0 Å². The topological polar surface area (TPSA) is 62.4 Å². The molecule has 1 saturated carbocycles. The predicted molar refractivity (Wildman–Crippen MR) is 110 cm³/mol. The molecule has 4 rings (SSSR count). The van der Waals surface area contributed by atoms with Crippen LogP contribution in [0.2, 0.25) is 0 Å². The van der Waals surface area contributed by atoms with E-state index in [1.165, 1.54) is 6.07 Å². The Balaban J connectivity index is 1.70. The molecule has 1 aliphatic carbocycles. The van der Waals surface area contributed by atoms with Crippen molar-refractivity contribution in [1.82, 2.24) is 9.88 Å². The number of aromatic amines is 1. The van der Waals surface area contributed by atoms with E-state index in [9.17, 15) is 9.59 Å². The van der Waals surface area contributed by atoms with Gasteiger partial charge in [0.2, 0.25) is 5.56 Å². The number of rotatable bonds is 6. The maximum absolute atomic E-state index is 13.5. The Bertz CT molecular complexity index is 1080. The molecule has 0 radical (unpaired) electrons. The lowest BCUT2D eigenvalue weighted by Crippen LogP contribution is -2.33. The van der Waals surface area contributed by atoms with Gasteiger partial charge in [0.25, 0.3) is 5.91 Å². The highest BCUT2D eigenvalue weighted by atomic mass is 16.5. The number of carbonyl (C=O) groups excluding carboxylic acids is 1. The van der Waals surface area contributed by atoms with E-state index in [1.807, 2.05) is 61.2 Å². The Kier molecular flexibility index (Phi) is 4.90. The number of nitrogens with one attached hydrogen (secondary N) is 1. The summed E-state index contributed by atoms with van der Waals surface area (Å²) in [6.45, 7) is 5.04. The minimum Gasteiger partial charge on any atom is -0.494 e. The lowest BCUT2D eigenvalue weighted by atomic mass is 10.0. The van der Waals surface area contributed by atoms with Crippen molar-refractivity contribution in [3.8, 4) is 5.75 Å². The van der Waals surface area contributed by atoms with Crippen LogP contribution in [-0.2, 0) is 6.54 Å². The summed E-state index contributed by atoms with van der Waals surface area (Å²) in [5.74, 6) is 0.714. The van der Waals surface area contributed by atoms with Gasteiger partial charge in [-0.05, 0) is 56.5 Å². The average Bonchev–Trinajstić information content (AvgIpc) is 3.51. The maximum atomic E-state index is 13.5. The number of ether oxygens (including phenoxy) is 1. The van der Waals surface area contributed by atoms with E-state index in [-0.39, 0.29) is 17.5 Å². The Morgan fingerprint density at radius 2 is 2.00 bits per heavy atom. The van der Waals surface area contributed by atoms with Gasteiger partial charge >= 0.3 is 0 Å². The smallest absolute Gasteiger partial charge is 0.255 e. The minimum atomic E-state index is -0.256. The highest BCUT2D eigenvalue weighted by Crippen LogP contribution is 2.31. The Morgan fingerprint density at radius 3 is 2.75 bits per heavy atom. The van der Waals surface area contributed by atoms with E-state index in [0.29, 0.717) is 24.2 Å². The summed E-state index contributed by atoms with van der Waals surface area (Å²) in [5.41, 5.74) is 2.98. The largest absolute Gasteiger partial charge is 0.494 e. The second-order valence-electron chi connectivity index (χ2n) is 7.34. The van der Waals surface area contributed by atoms with Crippen LogP contribution in [0.15, 0.2) is 53.3 Å². The number of carbonyl (C=O) groups is 1. The van der Waals surface area contributed by atoms with Gasteiger partial charge < -0.3 is 14.6 Å². The molecule has 0 bridgehead atoms. The predicted octanol–water partition coefficient (Wildman–Crippen LogP) is 4.04. The van der Waals surface area contributed by atoms with Crippen LogP contribution in [-0.4, -0.2) is 28.4 Å². The van der Waals surface area contributed by atoms with Crippen LogP contribution in [0.1, 0.15) is 41.3 Å². The van der Waals surface area contributed by atoms with E-state index in [1.54, 1.807) is 0 Å². The number of fused-ring (bicyclic) bond motifs is 1. The third-order valence-electron chi connectivity index (χ3n) is 5.04. The first-order valence-electron chi connectivity index (χ1n) is 9.71. The molecule has 1 aliphatic rings. The number of benzene rings is 2. The molecule has 1 N–H and O–H groups in total. The van der Waals surface area contributed by atoms with Crippen molar-refractivity contribution in [2.75, 3.05) is 6.61 Å². The fraction of sp³-hybridized carbons (Fsp3) is 0.304. The molecule has 0 aliphatic heterocycles. The fourth-order valence-electron chi connectivity index (χ4n) is 3.55. The summed E-state index contributed by atoms with van der Waals surface area (Å²) in [5, 5.41) is 0.790. The second-order valence-corrected chi connectivity index (χ2v) is 7.34. The van der Waals surface area contributed by atoms with Crippen LogP contribution in [0.3, 0.4) is 0 Å². The number of H-pyrrole nitrogens is 1. The van der Waals surface area contributed by atoms with Crippen LogP contribution < -0.4 is 10.3 Å². The van der Waals surface area contributed by atoms with Crippen LogP contribution in [0.25, 0.3) is 10.9 Å². The highest BCUT2D eigenvalue weighted by molar-refractivity contribution is 6.06. The van der Waals surface area contributed by atoms with Crippen LogP contribution in [0, 0.1) is 6.92 Å². The Labute approximate surface area is 163 Å². The van der Waals surface area contributed by atoms with Gasteiger partial charge in [0.15, 0.2) is 0 Å². The fourth-order valence-corrected chi connectivity index (χ4v) is 3.55. The third kappa shape index (κ3) is 3.79. The first-order valence-corrected chi connectivity index (χ1v) is 9.71. The molecule has 0 unspecified atom stereocenters. The zero-order valence-electron chi connectivity index (χ0n) is 16.2. The standard InChI is InChI=1S/C23H24N2O3/c1-3-28-18-6-4-5-16(12-18)14-25(17-8-9-17)23(27)20-13-22(26)24-21-10-7-15(2)11-19(20)21/h4-7,10-13,17H,3,8-9,14H2,1-2H3,(H,24,26). The lowest BCUT2D eigenvalue weighted by molar-refractivity contribution is 0.0731. The van der Waals surface area contributed by atoms with E-state index in [4.69, 9.17) is 4.74 Å². The number of amides is 1. The molecule has 28 heavy (non-hydrogen) atoms. The number of pyridine rings is 1. The van der Waals surface area contributed by atoms with Crippen molar-refractivity contribution in [3.63, 3.8) is 0 Å². The molecule has 1 aromatic heterocycles. The Morgan fingerprint density at radius 1 is 1.18 bits per heavy atom. The first-order chi connectivity index (χ1) is 13.5. The molecule has 1 fully saturated rings. The average molecular weight is 376 g/mol. The summed E-state index contributed by atoms with van der Waals surface area (Å²) >= 11 is 0. The van der Waals surface area contributed by atoms with Crippen LogP contribution >= 0.6 is 0 Å². The zero-order chi connectivity index (χ0) is 19.7. The molecule has 2 aromatic carbocycles. The van der Waals surface area contributed by atoms with Crippen molar-refractivity contribution in [2.45, 2.75) is 39.3 Å². The molecule has 5 nitrogen and oxygen atoms in total. The first kappa shape index (κ1) is 18.3. The molecule has 0 spiro atoms. The van der Waals surface area contributed by atoms with Gasteiger partial charge in [-0.3, -0.25) is 9.59 Å². The normalized spacial score (nSPS) is 13.5. The molecular weight excluding hydrogens is 352 g/mol. The molecular formula is C23H24N2O3. The molecule has 1 heterocycles. The molecule has 3 aromatic rings. The second kappa shape index (κ2) is 7.50. The minimum absolute atomic E-state index is 0.0917. The van der Waals surface area contributed by atoms with Gasteiger partial charge in [-0.1, -0.05) is 23.8 Å². The molecule has 0 atom stereocenters. The van der Waals surface area contributed by atoms with Crippen LogP contribution in [0.5, 0.6) is 5.75 Å². The van der Waals surface area contributed by atoms with E-state index >= 15 is 0 Å². The number of hydrogen-bond acceptors (Lipinski definition) is 3. The van der Waals surface area contributed by atoms with Crippen LogP contribution in [0.4, 0.5) is 0 Å². The van der Waals surface area contributed by atoms with Gasteiger partial charge in [0, 0.05) is 29.6 Å². The van der Waals surface area contributed by atoms with Crippen molar-refractivity contribution < 1.29 is 9.53 Å². The summed E-state index contributed by atoms with van der Waals surface area (Å²) in [6.07, 6.45) is 1.99. The molecule has 144 valence electrons. The zero-order valence-corrected chi connectivity index (χ0v) is 16.2. The highest BCUT2D eigenvalue weighted by Gasteiger charge is 2.34. The van der Waals surface area contributed by atoms with Crippen molar-refractivity contribution in [1.29, 1.82) is 0 Å². The molecule has 1 amide bonds. The van der Waals surface area contributed by atoms with E-state index in [2.05, 4.69) is 4.98 Å². The summed E-state index contributed by atoms with van der Waals surface area (Å²) < 4.78 is 5.59. The number of hydrogen-bond donors (Lipinski definition) is 1. The summed E-state index contributed by atoms with van der Waals surface area (Å²) in [7, 11) is 0. The van der Waals surface area contributed by atoms with E-state index < -0.39 is 0 Å². The van der Waals surface area contributed by atoms with Crippen molar-refractivity contribution in [2.24, 2.45) is 0 Å². The quantitative estimate of drug-likeness (QED) is 0.706. The number of aryl methyl sites for hydroxylation is 1. The van der Waals surface area contributed by atoms with Gasteiger partial charge in [0.1, 0.15) is 5.75 Å². The monoisotopic (exact) mass is 376 g/mol. The van der Waals surface area contributed by atoms with Gasteiger partial charge in [-0.2, -0.15) is 0 Å². The third-order valence-corrected chi connectivity index (χ3v) is 5.04. The molecule has 5 heteroatoms.